The summed E-state index contributed by atoms with van der Waals surface area (Å²) >= 11 is 0. The molecule has 134 valence electrons. The summed E-state index contributed by atoms with van der Waals surface area (Å²) in [5.74, 6) is -0.200. The highest BCUT2D eigenvalue weighted by Gasteiger charge is 2.38. The lowest BCUT2D eigenvalue weighted by Crippen LogP contribution is -2.30. The maximum atomic E-state index is 12.2. The molecule has 0 bridgehead atoms. The average molecular weight is 333 g/mol. The molecular weight excluding hydrogens is 302 g/mol. The van der Waals surface area contributed by atoms with Gasteiger partial charge in [0.05, 0.1) is 20.6 Å². The average Bonchev–Trinajstić information content (AvgIpc) is 2.55. The second kappa shape index (κ2) is 10.6. The van der Waals surface area contributed by atoms with Crippen molar-refractivity contribution in [2.75, 3.05) is 14.2 Å². The number of carbonyl (C=O) groups excluding carboxylic acids is 1. The van der Waals surface area contributed by atoms with Crippen LogP contribution in [0.1, 0.15) is 47.0 Å². The van der Waals surface area contributed by atoms with Crippen LogP contribution in [0.25, 0.3) is 0 Å². The van der Waals surface area contributed by atoms with Gasteiger partial charge in [0.15, 0.2) is 0 Å². The number of hydrogen-bond donors (Lipinski definition) is 1. The van der Waals surface area contributed by atoms with E-state index < -0.39 is 5.41 Å². The molecule has 0 aliphatic heterocycles. The summed E-state index contributed by atoms with van der Waals surface area (Å²) in [5, 5.41) is 7.67. The summed E-state index contributed by atoms with van der Waals surface area (Å²) in [4.78, 5) is 12.2. The molecule has 0 amide bonds. The number of rotatable bonds is 9. The van der Waals surface area contributed by atoms with Crippen LogP contribution in [0.3, 0.4) is 0 Å². The van der Waals surface area contributed by atoms with Gasteiger partial charge in [-0.15, -0.1) is 6.58 Å². The van der Waals surface area contributed by atoms with Gasteiger partial charge in [-0.2, -0.15) is 0 Å². The molecular formula is C20H31NO3. The lowest BCUT2D eigenvalue weighted by Gasteiger charge is -2.37. The van der Waals surface area contributed by atoms with Crippen LogP contribution in [0.15, 0.2) is 47.6 Å². The van der Waals surface area contributed by atoms with Gasteiger partial charge in [-0.25, -0.2) is 0 Å². The zero-order valence-electron chi connectivity index (χ0n) is 15.9. The largest absolute Gasteiger partial charge is 0.481 e. The molecule has 0 aromatic carbocycles. The van der Waals surface area contributed by atoms with Crippen LogP contribution in [0.4, 0.5) is 0 Å². The van der Waals surface area contributed by atoms with E-state index in [0.29, 0.717) is 6.42 Å². The molecule has 0 rings (SSSR count). The highest BCUT2D eigenvalue weighted by Crippen LogP contribution is 2.46. The van der Waals surface area contributed by atoms with Crippen LogP contribution in [0.5, 0.6) is 0 Å². The SMILES string of the molecule is C=C(C)C[C@@](CC(=O)OC)(C(=CC)CC)C(/C=C\C(=N)OC)=C\C. The van der Waals surface area contributed by atoms with Crippen molar-refractivity contribution < 1.29 is 14.3 Å². The first-order valence-corrected chi connectivity index (χ1v) is 8.15. The Labute approximate surface area is 146 Å². The minimum atomic E-state index is -0.526. The van der Waals surface area contributed by atoms with Crippen molar-refractivity contribution in [3.05, 3.63) is 47.6 Å². The number of hydrogen-bond acceptors (Lipinski definition) is 4. The quantitative estimate of drug-likeness (QED) is 0.213. The summed E-state index contributed by atoms with van der Waals surface area (Å²) in [6, 6.07) is 0. The lowest BCUT2D eigenvalue weighted by atomic mass is 9.66. The van der Waals surface area contributed by atoms with Gasteiger partial charge < -0.3 is 9.47 Å². The minimum absolute atomic E-state index is 0.0650. The van der Waals surface area contributed by atoms with Crippen molar-refractivity contribution in [2.24, 2.45) is 5.41 Å². The van der Waals surface area contributed by atoms with E-state index in [1.165, 1.54) is 14.2 Å². The normalized spacial score (nSPS) is 15.1. The van der Waals surface area contributed by atoms with E-state index in [-0.39, 0.29) is 18.3 Å². The third-order valence-corrected chi connectivity index (χ3v) is 4.12. The predicted octanol–water partition coefficient (Wildman–Crippen LogP) is 4.98. The van der Waals surface area contributed by atoms with Gasteiger partial charge in [0.1, 0.15) is 0 Å². The van der Waals surface area contributed by atoms with Crippen molar-refractivity contribution in [2.45, 2.75) is 47.0 Å². The molecule has 24 heavy (non-hydrogen) atoms. The van der Waals surface area contributed by atoms with Crippen LogP contribution in [0.2, 0.25) is 0 Å². The highest BCUT2D eigenvalue weighted by molar-refractivity contribution is 5.85. The molecule has 0 saturated carbocycles. The fraction of sp³-hybridized carbons (Fsp3) is 0.500. The van der Waals surface area contributed by atoms with Crippen LogP contribution in [-0.2, 0) is 14.3 Å². The molecule has 0 heterocycles. The first-order chi connectivity index (χ1) is 11.3. The van der Waals surface area contributed by atoms with Crippen molar-refractivity contribution in [1.82, 2.24) is 0 Å². The topological polar surface area (TPSA) is 59.4 Å². The molecule has 1 atom stereocenters. The second-order valence-electron chi connectivity index (χ2n) is 5.78. The van der Waals surface area contributed by atoms with Gasteiger partial charge >= 0.3 is 5.97 Å². The van der Waals surface area contributed by atoms with E-state index in [0.717, 1.165) is 23.1 Å². The molecule has 0 aliphatic rings. The number of carbonyl (C=O) groups is 1. The highest BCUT2D eigenvalue weighted by atomic mass is 16.5. The maximum absolute atomic E-state index is 12.2. The summed E-state index contributed by atoms with van der Waals surface area (Å²) in [6.07, 6.45) is 9.16. The summed E-state index contributed by atoms with van der Waals surface area (Å²) < 4.78 is 9.85. The molecule has 4 nitrogen and oxygen atoms in total. The van der Waals surface area contributed by atoms with Gasteiger partial charge in [-0.1, -0.05) is 36.3 Å². The number of allylic oxidation sites excluding steroid dienone is 6. The van der Waals surface area contributed by atoms with Crippen molar-refractivity contribution in [3.8, 4) is 0 Å². The lowest BCUT2D eigenvalue weighted by molar-refractivity contribution is -0.142. The third kappa shape index (κ3) is 5.84. The first kappa shape index (κ1) is 21.9. The number of methoxy groups -OCH3 is 2. The molecule has 0 fully saturated rings. The Bertz CT molecular complexity index is 555. The first-order valence-electron chi connectivity index (χ1n) is 8.15. The monoisotopic (exact) mass is 333 g/mol. The van der Waals surface area contributed by atoms with Crippen molar-refractivity contribution in [3.63, 3.8) is 0 Å². The van der Waals surface area contributed by atoms with Crippen LogP contribution in [0, 0.1) is 10.8 Å². The van der Waals surface area contributed by atoms with Crippen molar-refractivity contribution >= 4 is 11.9 Å². The third-order valence-electron chi connectivity index (χ3n) is 4.12. The van der Waals surface area contributed by atoms with Crippen LogP contribution >= 0.6 is 0 Å². The van der Waals surface area contributed by atoms with E-state index in [2.05, 4.69) is 19.6 Å². The molecule has 0 saturated heterocycles. The van der Waals surface area contributed by atoms with E-state index in [4.69, 9.17) is 14.9 Å². The molecule has 0 spiro atoms. The van der Waals surface area contributed by atoms with E-state index >= 15 is 0 Å². The smallest absolute Gasteiger partial charge is 0.306 e. The van der Waals surface area contributed by atoms with Gasteiger partial charge in [0.2, 0.25) is 5.90 Å². The van der Waals surface area contributed by atoms with Crippen LogP contribution < -0.4 is 0 Å². The Morgan fingerprint density at radius 3 is 2.12 bits per heavy atom. The molecule has 0 unspecified atom stereocenters. The Balaban J connectivity index is 6.29. The van der Waals surface area contributed by atoms with Gasteiger partial charge in [0.25, 0.3) is 0 Å². The molecule has 0 aromatic heterocycles. The van der Waals surface area contributed by atoms with E-state index in [1.54, 1.807) is 6.08 Å². The molecule has 1 N–H and O–H groups in total. The predicted molar refractivity (Wildman–Crippen MR) is 100 cm³/mol. The van der Waals surface area contributed by atoms with Crippen molar-refractivity contribution in [1.29, 1.82) is 5.41 Å². The number of nitrogens with one attached hydrogen (secondary N) is 1. The standard InChI is InChI=1S/C20H31NO3/c1-8-16(9-2)20(13-15(4)5,14-19(22)24-7)17(10-3)11-12-18(21)23-6/h8,10-12,21H,4,9,13-14H2,1-3,5-7H3/b12-11-,16-8?,17-10-,21-18?/t20-/m1/s1. The number of ether oxygens (including phenoxy) is 2. The molecule has 0 aromatic rings. The summed E-state index contributed by atoms with van der Waals surface area (Å²) in [5.41, 5.74) is 2.56. The second-order valence-corrected chi connectivity index (χ2v) is 5.78. The Morgan fingerprint density at radius 1 is 1.12 bits per heavy atom. The van der Waals surface area contributed by atoms with Crippen LogP contribution in [-0.4, -0.2) is 26.1 Å². The number of esters is 1. The van der Waals surface area contributed by atoms with Gasteiger partial charge in [0, 0.05) is 5.41 Å². The van der Waals surface area contributed by atoms with E-state index in [9.17, 15) is 4.79 Å². The van der Waals surface area contributed by atoms with Gasteiger partial charge in [-0.05, 0) is 45.3 Å². The molecule has 0 aliphatic carbocycles. The summed E-state index contributed by atoms with van der Waals surface area (Å²) in [6.45, 7) is 12.0. The molecule has 0 radical (unpaired) electrons. The Morgan fingerprint density at radius 2 is 1.75 bits per heavy atom. The molecule has 4 heteroatoms. The Kier molecular flexibility index (Phi) is 9.70. The fourth-order valence-corrected chi connectivity index (χ4v) is 3.10. The zero-order chi connectivity index (χ0) is 18.8. The summed E-state index contributed by atoms with van der Waals surface area (Å²) in [7, 11) is 2.86. The fourth-order valence-electron chi connectivity index (χ4n) is 3.10. The zero-order valence-corrected chi connectivity index (χ0v) is 15.9. The Hall–Kier alpha value is -2.10. The van der Waals surface area contributed by atoms with E-state index in [1.807, 2.05) is 32.9 Å². The maximum Gasteiger partial charge on any atom is 0.306 e. The minimum Gasteiger partial charge on any atom is -0.481 e. The van der Waals surface area contributed by atoms with Gasteiger partial charge in [-0.3, -0.25) is 10.2 Å².